The topological polar surface area (TPSA) is 59.1 Å². The van der Waals surface area contributed by atoms with Crippen molar-refractivity contribution in [1.82, 2.24) is 9.80 Å². The molecule has 5 rings (SSSR count). The maximum absolute atomic E-state index is 14.3. The Balaban J connectivity index is 1.33. The molecule has 3 saturated heterocycles. The van der Waals surface area contributed by atoms with Crippen molar-refractivity contribution in [3.8, 4) is 5.75 Å². The van der Waals surface area contributed by atoms with Crippen LogP contribution < -0.4 is 4.74 Å². The zero-order chi connectivity index (χ0) is 23.3. The summed E-state index contributed by atoms with van der Waals surface area (Å²) >= 11 is 0. The molecule has 2 atom stereocenters. The minimum Gasteiger partial charge on any atom is -0.496 e. The van der Waals surface area contributed by atoms with Gasteiger partial charge in [-0.3, -0.25) is 9.59 Å². The van der Waals surface area contributed by atoms with Crippen LogP contribution in [0.2, 0.25) is 0 Å². The van der Waals surface area contributed by atoms with Crippen LogP contribution in [0, 0.1) is 17.5 Å². The first-order valence-electron chi connectivity index (χ1n) is 10.9. The van der Waals surface area contributed by atoms with Crippen molar-refractivity contribution >= 4 is 11.8 Å². The summed E-state index contributed by atoms with van der Waals surface area (Å²) in [5, 5.41) is 0. The molecule has 2 aromatic rings. The highest BCUT2D eigenvalue weighted by atomic mass is 19.1. The van der Waals surface area contributed by atoms with Gasteiger partial charge >= 0.3 is 0 Å². The molecule has 3 fully saturated rings. The number of piperidine rings is 1. The minimum atomic E-state index is -1.09. The van der Waals surface area contributed by atoms with Crippen LogP contribution >= 0.6 is 0 Å². The lowest BCUT2D eigenvalue weighted by Crippen LogP contribution is -2.51. The van der Waals surface area contributed by atoms with Crippen molar-refractivity contribution in [1.29, 1.82) is 0 Å². The molecule has 3 heterocycles. The molecule has 0 bridgehead atoms. The Morgan fingerprint density at radius 3 is 2.45 bits per heavy atom. The molecular formula is C24H23F3N2O4. The van der Waals surface area contributed by atoms with Gasteiger partial charge in [0.1, 0.15) is 35.0 Å². The lowest BCUT2D eigenvalue weighted by Gasteiger charge is -2.37. The van der Waals surface area contributed by atoms with Crippen LogP contribution in [-0.2, 0) is 9.53 Å². The lowest BCUT2D eigenvalue weighted by atomic mass is 9.89. The third-order valence-corrected chi connectivity index (χ3v) is 6.86. The summed E-state index contributed by atoms with van der Waals surface area (Å²) in [6, 6.07) is 7.03. The Morgan fingerprint density at radius 1 is 1.09 bits per heavy atom. The number of carbonyl (C=O) groups excluding carboxylic acids is 2. The minimum absolute atomic E-state index is 0.136. The van der Waals surface area contributed by atoms with Gasteiger partial charge in [0.05, 0.1) is 13.2 Å². The third kappa shape index (κ3) is 3.55. The monoisotopic (exact) mass is 460 g/mol. The number of methoxy groups -OCH3 is 1. The van der Waals surface area contributed by atoms with Crippen LogP contribution in [0.15, 0.2) is 36.4 Å². The van der Waals surface area contributed by atoms with E-state index in [2.05, 4.69) is 0 Å². The first-order chi connectivity index (χ1) is 15.8. The average molecular weight is 460 g/mol. The molecule has 3 aliphatic heterocycles. The number of fused-ring (bicyclic) bond motifs is 1. The van der Waals surface area contributed by atoms with Crippen molar-refractivity contribution in [3.05, 3.63) is 65.0 Å². The zero-order valence-electron chi connectivity index (χ0n) is 18.0. The van der Waals surface area contributed by atoms with Gasteiger partial charge in [-0.1, -0.05) is 6.07 Å². The van der Waals surface area contributed by atoms with Gasteiger partial charge in [-0.05, 0) is 42.7 Å². The molecule has 2 aromatic carbocycles. The van der Waals surface area contributed by atoms with Gasteiger partial charge in [-0.15, -0.1) is 0 Å². The van der Waals surface area contributed by atoms with Crippen LogP contribution in [0.25, 0.3) is 0 Å². The van der Waals surface area contributed by atoms with Crippen LogP contribution in [0.1, 0.15) is 47.6 Å². The van der Waals surface area contributed by atoms with Crippen molar-refractivity contribution in [2.24, 2.45) is 0 Å². The quantitative estimate of drug-likeness (QED) is 0.699. The predicted molar refractivity (Wildman–Crippen MR) is 111 cm³/mol. The SMILES string of the molecule is COc1cccc(F)c1C(=O)N1CCC2(CC1)OC1CCC(c3cc(F)cc(F)c3)N1C2=O. The first kappa shape index (κ1) is 21.8. The van der Waals surface area contributed by atoms with E-state index < -0.39 is 41.2 Å². The van der Waals surface area contributed by atoms with Gasteiger partial charge in [0.15, 0.2) is 5.60 Å². The molecule has 0 aliphatic carbocycles. The second-order valence-electron chi connectivity index (χ2n) is 8.68. The summed E-state index contributed by atoms with van der Waals surface area (Å²) in [6.07, 6.45) is 1.15. The summed E-state index contributed by atoms with van der Waals surface area (Å²) in [5.74, 6) is -2.62. The fourth-order valence-electron chi connectivity index (χ4n) is 5.25. The fraction of sp³-hybridized carbons (Fsp3) is 0.417. The van der Waals surface area contributed by atoms with E-state index in [0.29, 0.717) is 18.4 Å². The number of ether oxygens (including phenoxy) is 2. The standard InChI is InChI=1S/C24H23F3N2O4/c1-32-19-4-2-3-17(27)21(19)22(30)28-9-7-24(8-10-28)23(31)29-18(5-6-20(29)33-24)14-11-15(25)13-16(26)12-14/h2-4,11-13,18,20H,5-10H2,1H3. The van der Waals surface area contributed by atoms with E-state index in [-0.39, 0.29) is 43.2 Å². The zero-order valence-corrected chi connectivity index (χ0v) is 18.0. The number of halogens is 3. The van der Waals surface area contributed by atoms with Crippen LogP contribution in [-0.4, -0.2) is 53.6 Å². The molecule has 33 heavy (non-hydrogen) atoms. The number of hydrogen-bond acceptors (Lipinski definition) is 4. The molecular weight excluding hydrogens is 437 g/mol. The van der Waals surface area contributed by atoms with E-state index in [4.69, 9.17) is 9.47 Å². The maximum atomic E-state index is 14.3. The summed E-state index contributed by atoms with van der Waals surface area (Å²) in [5.41, 5.74) is -0.822. The Hall–Kier alpha value is -3.07. The number of benzene rings is 2. The smallest absolute Gasteiger partial charge is 0.260 e. The van der Waals surface area contributed by atoms with Crippen molar-refractivity contribution in [3.63, 3.8) is 0 Å². The van der Waals surface area contributed by atoms with E-state index in [9.17, 15) is 22.8 Å². The number of carbonyl (C=O) groups is 2. The van der Waals surface area contributed by atoms with Gasteiger partial charge in [-0.25, -0.2) is 13.2 Å². The Kier molecular flexibility index (Phi) is 5.31. The number of rotatable bonds is 3. The molecule has 0 saturated carbocycles. The normalized spacial score (nSPS) is 23.8. The molecule has 3 aliphatic rings. The van der Waals surface area contributed by atoms with Crippen molar-refractivity contribution in [2.45, 2.75) is 43.6 Å². The first-order valence-corrected chi connectivity index (χ1v) is 10.9. The Labute approximate surface area is 188 Å². The van der Waals surface area contributed by atoms with Crippen molar-refractivity contribution in [2.75, 3.05) is 20.2 Å². The van der Waals surface area contributed by atoms with Gasteiger partial charge < -0.3 is 19.3 Å². The summed E-state index contributed by atoms with van der Waals surface area (Å²) in [4.78, 5) is 29.5. The van der Waals surface area contributed by atoms with Gasteiger partial charge in [0.2, 0.25) is 0 Å². The maximum Gasteiger partial charge on any atom is 0.260 e. The number of hydrogen-bond donors (Lipinski definition) is 0. The highest BCUT2D eigenvalue weighted by Gasteiger charge is 2.58. The second kappa shape index (κ2) is 8.06. The van der Waals surface area contributed by atoms with E-state index in [1.807, 2.05) is 0 Å². The van der Waals surface area contributed by atoms with Crippen LogP contribution in [0.3, 0.4) is 0 Å². The Bertz CT molecular complexity index is 1100. The van der Waals surface area contributed by atoms with E-state index in [1.54, 1.807) is 4.90 Å². The lowest BCUT2D eigenvalue weighted by molar-refractivity contribution is -0.142. The fourth-order valence-corrected chi connectivity index (χ4v) is 5.25. The highest BCUT2D eigenvalue weighted by molar-refractivity contribution is 5.97. The van der Waals surface area contributed by atoms with E-state index >= 15 is 0 Å². The molecule has 0 radical (unpaired) electrons. The molecule has 174 valence electrons. The molecule has 2 amide bonds. The summed E-state index contributed by atoms with van der Waals surface area (Å²) in [7, 11) is 1.37. The van der Waals surface area contributed by atoms with Gasteiger partial charge in [0, 0.05) is 32.0 Å². The summed E-state index contributed by atoms with van der Waals surface area (Å²) in [6.45, 7) is 0.420. The van der Waals surface area contributed by atoms with E-state index in [1.165, 1.54) is 42.3 Å². The number of amides is 2. The Morgan fingerprint density at radius 2 is 1.79 bits per heavy atom. The highest BCUT2D eigenvalue weighted by Crippen LogP contribution is 2.48. The molecule has 6 nitrogen and oxygen atoms in total. The predicted octanol–water partition coefficient (Wildman–Crippen LogP) is 3.81. The molecule has 0 N–H and O–H groups in total. The third-order valence-electron chi connectivity index (χ3n) is 6.86. The molecule has 2 unspecified atom stereocenters. The molecule has 9 heteroatoms. The van der Waals surface area contributed by atoms with Crippen LogP contribution in [0.5, 0.6) is 5.75 Å². The van der Waals surface area contributed by atoms with Crippen LogP contribution in [0.4, 0.5) is 13.2 Å². The van der Waals surface area contributed by atoms with Gasteiger partial charge in [-0.2, -0.15) is 0 Å². The van der Waals surface area contributed by atoms with Crippen molar-refractivity contribution < 1.29 is 32.2 Å². The molecule has 0 aromatic heterocycles. The van der Waals surface area contributed by atoms with E-state index in [0.717, 1.165) is 6.07 Å². The summed E-state index contributed by atoms with van der Waals surface area (Å²) < 4.78 is 53.2. The second-order valence-corrected chi connectivity index (χ2v) is 8.68. The number of nitrogens with zero attached hydrogens (tertiary/aromatic N) is 2. The average Bonchev–Trinajstić information content (AvgIpc) is 3.31. The number of likely N-dealkylation sites (tertiary alicyclic amines) is 1. The molecule has 1 spiro atoms. The van der Waals surface area contributed by atoms with Gasteiger partial charge in [0.25, 0.3) is 11.8 Å². The largest absolute Gasteiger partial charge is 0.496 e.